The van der Waals surface area contributed by atoms with Crippen LogP contribution in [-0.2, 0) is 6.42 Å². The molecule has 1 aliphatic heterocycles. The summed E-state index contributed by atoms with van der Waals surface area (Å²) in [5, 5.41) is 0. The fraction of sp³-hybridized carbons (Fsp3) is 0.600. The number of likely N-dealkylation sites (tertiary alicyclic amines) is 1. The van der Waals surface area contributed by atoms with Crippen molar-refractivity contribution >= 4 is 0 Å². The van der Waals surface area contributed by atoms with Gasteiger partial charge in [-0.15, -0.1) is 0 Å². The molecule has 0 atom stereocenters. The molecule has 0 saturated carbocycles. The lowest BCUT2D eigenvalue weighted by Crippen LogP contribution is -2.37. The van der Waals surface area contributed by atoms with Gasteiger partial charge in [0.15, 0.2) is 0 Å². The lowest BCUT2D eigenvalue weighted by molar-refractivity contribution is 0.189. The highest BCUT2D eigenvalue weighted by molar-refractivity contribution is 5.28. The quantitative estimate of drug-likeness (QED) is 0.865. The number of benzene rings is 1. The van der Waals surface area contributed by atoms with E-state index in [-0.39, 0.29) is 0 Å². The minimum atomic E-state index is 0.748. The third-order valence-electron chi connectivity index (χ3n) is 3.89. The molecule has 2 N–H and O–H groups in total. The van der Waals surface area contributed by atoms with E-state index in [0.717, 1.165) is 31.2 Å². The molecule has 18 heavy (non-hydrogen) atoms. The monoisotopic (exact) mass is 248 g/mol. The van der Waals surface area contributed by atoms with E-state index in [1.165, 1.54) is 31.5 Å². The van der Waals surface area contributed by atoms with Crippen LogP contribution in [-0.4, -0.2) is 38.2 Å². The first kappa shape index (κ1) is 13.4. The van der Waals surface area contributed by atoms with Gasteiger partial charge in [-0.25, -0.2) is 0 Å². The first-order chi connectivity index (χ1) is 8.81. The summed E-state index contributed by atoms with van der Waals surface area (Å²) in [6, 6.07) is 8.37. The van der Waals surface area contributed by atoms with Gasteiger partial charge in [0.1, 0.15) is 5.75 Å². The molecule has 1 aliphatic rings. The van der Waals surface area contributed by atoms with Crippen molar-refractivity contribution in [2.75, 3.05) is 33.3 Å². The Bertz CT molecular complexity index is 359. The van der Waals surface area contributed by atoms with Gasteiger partial charge in [0.2, 0.25) is 0 Å². The van der Waals surface area contributed by atoms with Crippen LogP contribution in [0.3, 0.4) is 0 Å². The zero-order chi connectivity index (χ0) is 12.8. The van der Waals surface area contributed by atoms with Crippen LogP contribution in [0.4, 0.5) is 0 Å². The van der Waals surface area contributed by atoms with Crippen molar-refractivity contribution in [3.63, 3.8) is 0 Å². The maximum Gasteiger partial charge on any atom is 0.119 e. The van der Waals surface area contributed by atoms with E-state index in [1.807, 2.05) is 6.07 Å². The third kappa shape index (κ3) is 3.72. The molecule has 100 valence electrons. The molecule has 0 bridgehead atoms. The SMILES string of the molecule is COc1cccc(CCN2CCC(CN)CC2)c1. The van der Waals surface area contributed by atoms with Crippen LogP contribution in [0.2, 0.25) is 0 Å². The molecule has 0 aromatic heterocycles. The molecule has 3 heteroatoms. The molecule has 0 amide bonds. The van der Waals surface area contributed by atoms with Gasteiger partial charge in [-0.3, -0.25) is 0 Å². The second-order valence-electron chi connectivity index (χ2n) is 5.12. The number of ether oxygens (including phenoxy) is 1. The summed E-state index contributed by atoms with van der Waals surface area (Å²) in [6.45, 7) is 4.39. The zero-order valence-electron chi connectivity index (χ0n) is 11.3. The molecule has 1 fully saturated rings. The lowest BCUT2D eigenvalue weighted by atomic mass is 9.97. The van der Waals surface area contributed by atoms with Gasteiger partial charge in [-0.05, 0) is 62.5 Å². The zero-order valence-corrected chi connectivity index (χ0v) is 11.3. The first-order valence-corrected chi connectivity index (χ1v) is 6.87. The van der Waals surface area contributed by atoms with Gasteiger partial charge in [-0.2, -0.15) is 0 Å². The predicted molar refractivity (Wildman–Crippen MR) is 74.9 cm³/mol. The number of hydrogen-bond acceptors (Lipinski definition) is 3. The van der Waals surface area contributed by atoms with Crippen molar-refractivity contribution in [3.8, 4) is 5.75 Å². The maximum absolute atomic E-state index is 5.71. The topological polar surface area (TPSA) is 38.5 Å². The minimum absolute atomic E-state index is 0.748. The summed E-state index contributed by atoms with van der Waals surface area (Å²) in [5.74, 6) is 1.70. The Hall–Kier alpha value is -1.06. The van der Waals surface area contributed by atoms with Crippen LogP contribution in [0.5, 0.6) is 5.75 Å². The first-order valence-electron chi connectivity index (χ1n) is 6.87. The Morgan fingerprint density at radius 1 is 1.33 bits per heavy atom. The molecule has 1 aromatic rings. The summed E-state index contributed by atoms with van der Waals surface area (Å²) in [7, 11) is 1.72. The van der Waals surface area contributed by atoms with Crippen molar-refractivity contribution in [1.82, 2.24) is 4.90 Å². The van der Waals surface area contributed by atoms with E-state index >= 15 is 0 Å². The van der Waals surface area contributed by atoms with Crippen LogP contribution < -0.4 is 10.5 Å². The van der Waals surface area contributed by atoms with E-state index in [4.69, 9.17) is 10.5 Å². The Balaban J connectivity index is 1.77. The minimum Gasteiger partial charge on any atom is -0.497 e. The molecule has 0 unspecified atom stereocenters. The van der Waals surface area contributed by atoms with E-state index < -0.39 is 0 Å². The highest BCUT2D eigenvalue weighted by Gasteiger charge is 2.17. The molecule has 1 saturated heterocycles. The van der Waals surface area contributed by atoms with E-state index in [2.05, 4.69) is 23.1 Å². The van der Waals surface area contributed by atoms with Crippen molar-refractivity contribution in [3.05, 3.63) is 29.8 Å². The van der Waals surface area contributed by atoms with E-state index in [9.17, 15) is 0 Å². The summed E-state index contributed by atoms with van der Waals surface area (Å²) < 4.78 is 5.25. The van der Waals surface area contributed by atoms with Crippen molar-refractivity contribution in [2.24, 2.45) is 11.7 Å². The highest BCUT2D eigenvalue weighted by Crippen LogP contribution is 2.17. The molecule has 0 radical (unpaired) electrons. The molecule has 1 aromatic carbocycles. The fourth-order valence-corrected chi connectivity index (χ4v) is 2.56. The number of nitrogens with two attached hydrogens (primary N) is 1. The second kappa shape index (κ2) is 6.76. The summed E-state index contributed by atoms with van der Waals surface area (Å²) in [5.41, 5.74) is 7.07. The van der Waals surface area contributed by atoms with Crippen molar-refractivity contribution < 1.29 is 4.74 Å². The standard InChI is InChI=1S/C15H24N2O/c1-18-15-4-2-3-13(11-15)5-8-17-9-6-14(12-16)7-10-17/h2-4,11,14H,5-10,12,16H2,1H3. The van der Waals surface area contributed by atoms with Crippen LogP contribution in [0.1, 0.15) is 18.4 Å². The third-order valence-corrected chi connectivity index (χ3v) is 3.89. The average molecular weight is 248 g/mol. The van der Waals surface area contributed by atoms with Crippen LogP contribution in [0, 0.1) is 5.92 Å². The van der Waals surface area contributed by atoms with Gasteiger partial charge in [0.05, 0.1) is 7.11 Å². The fourth-order valence-electron chi connectivity index (χ4n) is 2.56. The van der Waals surface area contributed by atoms with Crippen molar-refractivity contribution in [2.45, 2.75) is 19.3 Å². The average Bonchev–Trinajstić information content (AvgIpc) is 2.46. The lowest BCUT2D eigenvalue weighted by Gasteiger charge is -2.31. The Morgan fingerprint density at radius 3 is 2.78 bits per heavy atom. The Morgan fingerprint density at radius 2 is 2.11 bits per heavy atom. The number of piperidine rings is 1. The van der Waals surface area contributed by atoms with Crippen LogP contribution in [0.25, 0.3) is 0 Å². The molecule has 1 heterocycles. The molecular formula is C15H24N2O. The van der Waals surface area contributed by atoms with Gasteiger partial charge < -0.3 is 15.4 Å². The molecule has 0 aliphatic carbocycles. The molecule has 3 nitrogen and oxygen atoms in total. The highest BCUT2D eigenvalue weighted by atomic mass is 16.5. The number of nitrogens with zero attached hydrogens (tertiary/aromatic N) is 1. The molecule has 0 spiro atoms. The largest absolute Gasteiger partial charge is 0.497 e. The maximum atomic E-state index is 5.71. The van der Waals surface area contributed by atoms with Gasteiger partial charge in [0, 0.05) is 6.54 Å². The van der Waals surface area contributed by atoms with E-state index in [0.29, 0.717) is 0 Å². The van der Waals surface area contributed by atoms with Gasteiger partial charge in [0.25, 0.3) is 0 Å². The van der Waals surface area contributed by atoms with E-state index in [1.54, 1.807) is 7.11 Å². The van der Waals surface area contributed by atoms with Gasteiger partial charge >= 0.3 is 0 Å². The predicted octanol–water partition coefficient (Wildman–Crippen LogP) is 1.91. The number of hydrogen-bond donors (Lipinski definition) is 1. The Kier molecular flexibility index (Phi) is 5.02. The summed E-state index contributed by atoms with van der Waals surface area (Å²) in [6.07, 6.45) is 3.62. The number of rotatable bonds is 5. The summed E-state index contributed by atoms with van der Waals surface area (Å²) in [4.78, 5) is 2.55. The van der Waals surface area contributed by atoms with Crippen LogP contribution in [0.15, 0.2) is 24.3 Å². The molecular weight excluding hydrogens is 224 g/mol. The number of methoxy groups -OCH3 is 1. The molecule has 2 rings (SSSR count). The smallest absolute Gasteiger partial charge is 0.119 e. The Labute approximate surface area is 110 Å². The van der Waals surface area contributed by atoms with Crippen molar-refractivity contribution in [1.29, 1.82) is 0 Å². The second-order valence-corrected chi connectivity index (χ2v) is 5.12. The van der Waals surface area contributed by atoms with Gasteiger partial charge in [-0.1, -0.05) is 12.1 Å². The summed E-state index contributed by atoms with van der Waals surface area (Å²) >= 11 is 0. The normalized spacial score (nSPS) is 17.9. The van der Waals surface area contributed by atoms with Crippen LogP contribution >= 0.6 is 0 Å².